The highest BCUT2D eigenvalue weighted by Gasteiger charge is 2.22. The van der Waals surface area contributed by atoms with Crippen LogP contribution in [-0.4, -0.2) is 57.5 Å². The number of nitrogens with zero attached hydrogens (tertiary/aromatic N) is 5. The number of carbonyl (C=O) groups is 1. The molecule has 33 heavy (non-hydrogen) atoms. The monoisotopic (exact) mass is 465 g/mol. The molecule has 1 aliphatic heterocycles. The number of para-hydroxylation sites is 1. The molecule has 7 nitrogen and oxygen atoms in total. The number of hydrogen-bond donors (Lipinski definition) is 0. The molecule has 0 atom stereocenters. The Bertz CT molecular complexity index is 1030. The summed E-state index contributed by atoms with van der Waals surface area (Å²) in [6, 6.07) is 18.5. The van der Waals surface area contributed by atoms with Crippen LogP contribution in [0.2, 0.25) is 0 Å². The van der Waals surface area contributed by atoms with Gasteiger partial charge in [0.25, 0.3) is 0 Å². The first-order valence-corrected chi connectivity index (χ1v) is 12.5. The Morgan fingerprint density at radius 3 is 2.36 bits per heavy atom. The van der Waals surface area contributed by atoms with E-state index >= 15 is 0 Å². The average Bonchev–Trinajstić information content (AvgIpc) is 3.28. The van der Waals surface area contributed by atoms with Gasteiger partial charge in [0, 0.05) is 38.4 Å². The molecular weight excluding hydrogens is 434 g/mol. The molecule has 1 amide bonds. The second kappa shape index (κ2) is 11.2. The molecule has 1 aliphatic rings. The molecule has 1 fully saturated rings. The molecule has 2 heterocycles. The number of aryl methyl sites for hydroxylation is 1. The Labute approximate surface area is 199 Å². The van der Waals surface area contributed by atoms with Crippen LogP contribution in [0.3, 0.4) is 0 Å². The van der Waals surface area contributed by atoms with E-state index in [0.29, 0.717) is 12.4 Å². The van der Waals surface area contributed by atoms with Gasteiger partial charge in [-0.15, -0.1) is 10.2 Å². The van der Waals surface area contributed by atoms with Gasteiger partial charge in [-0.1, -0.05) is 49.0 Å². The second-order valence-electron chi connectivity index (χ2n) is 7.92. The fourth-order valence-corrected chi connectivity index (χ4v) is 4.81. The van der Waals surface area contributed by atoms with Crippen molar-refractivity contribution < 1.29 is 9.53 Å². The summed E-state index contributed by atoms with van der Waals surface area (Å²) in [5.41, 5.74) is 2.50. The molecule has 0 aliphatic carbocycles. The summed E-state index contributed by atoms with van der Waals surface area (Å²) in [7, 11) is 0. The lowest BCUT2D eigenvalue weighted by Gasteiger charge is -2.36. The van der Waals surface area contributed by atoms with Gasteiger partial charge in [0.2, 0.25) is 5.91 Å². The molecule has 1 saturated heterocycles. The standard InChI is InChI=1S/C25H31N5O2S/c1-3-20-10-12-22(13-11-20)32-18-23-26-27-25(30(23)4-2)33-19-24(31)29-16-14-28(15-17-29)21-8-6-5-7-9-21/h5-13H,3-4,14-19H2,1-2H3. The Morgan fingerprint density at radius 2 is 1.70 bits per heavy atom. The van der Waals surface area contributed by atoms with E-state index in [9.17, 15) is 4.79 Å². The number of hydrogen-bond acceptors (Lipinski definition) is 6. The van der Waals surface area contributed by atoms with E-state index in [1.165, 1.54) is 23.0 Å². The first kappa shape index (κ1) is 23.2. The van der Waals surface area contributed by atoms with Gasteiger partial charge in [0.1, 0.15) is 12.4 Å². The first-order valence-electron chi connectivity index (χ1n) is 11.5. The van der Waals surface area contributed by atoms with E-state index < -0.39 is 0 Å². The van der Waals surface area contributed by atoms with Gasteiger partial charge in [0.15, 0.2) is 11.0 Å². The lowest BCUT2D eigenvalue weighted by molar-refractivity contribution is -0.128. The number of thioether (sulfide) groups is 1. The molecule has 0 unspecified atom stereocenters. The van der Waals surface area contributed by atoms with Crippen LogP contribution in [0.15, 0.2) is 59.8 Å². The third-order valence-corrected chi connectivity index (χ3v) is 6.84. The highest BCUT2D eigenvalue weighted by molar-refractivity contribution is 7.99. The average molecular weight is 466 g/mol. The summed E-state index contributed by atoms with van der Waals surface area (Å²) in [5.74, 6) is 2.09. The molecule has 174 valence electrons. The lowest BCUT2D eigenvalue weighted by Crippen LogP contribution is -2.49. The van der Waals surface area contributed by atoms with E-state index in [0.717, 1.165) is 55.9 Å². The summed E-state index contributed by atoms with van der Waals surface area (Å²) in [4.78, 5) is 17.1. The van der Waals surface area contributed by atoms with E-state index in [1.807, 2.05) is 27.7 Å². The van der Waals surface area contributed by atoms with Crippen molar-refractivity contribution in [1.29, 1.82) is 0 Å². The quantitative estimate of drug-likeness (QED) is 0.447. The number of piperazine rings is 1. The largest absolute Gasteiger partial charge is 0.486 e. The Balaban J connectivity index is 1.27. The molecule has 4 rings (SSSR count). The van der Waals surface area contributed by atoms with Crippen LogP contribution in [0.1, 0.15) is 25.2 Å². The van der Waals surface area contributed by atoms with Crippen molar-refractivity contribution in [2.45, 2.75) is 38.6 Å². The van der Waals surface area contributed by atoms with E-state index in [1.54, 1.807) is 0 Å². The summed E-state index contributed by atoms with van der Waals surface area (Å²) < 4.78 is 7.92. The molecule has 0 bridgehead atoms. The number of carbonyl (C=O) groups excluding carboxylic acids is 1. The van der Waals surface area contributed by atoms with Crippen molar-refractivity contribution >= 4 is 23.4 Å². The minimum atomic E-state index is 0.146. The summed E-state index contributed by atoms with van der Waals surface area (Å²) >= 11 is 1.45. The molecule has 0 N–H and O–H groups in total. The van der Waals surface area contributed by atoms with E-state index in [-0.39, 0.29) is 5.91 Å². The SMILES string of the molecule is CCc1ccc(OCc2nnc(SCC(=O)N3CCN(c4ccccc4)CC3)n2CC)cc1. The molecule has 0 radical (unpaired) electrons. The smallest absolute Gasteiger partial charge is 0.233 e. The minimum absolute atomic E-state index is 0.146. The van der Waals surface area contributed by atoms with Gasteiger partial charge in [-0.3, -0.25) is 4.79 Å². The third-order valence-electron chi connectivity index (χ3n) is 5.89. The Hall–Kier alpha value is -3.00. The lowest BCUT2D eigenvalue weighted by atomic mass is 10.2. The van der Waals surface area contributed by atoms with Crippen LogP contribution in [0, 0.1) is 0 Å². The predicted octanol–water partition coefficient (Wildman–Crippen LogP) is 3.88. The zero-order chi connectivity index (χ0) is 23.0. The van der Waals surface area contributed by atoms with Crippen LogP contribution >= 0.6 is 11.8 Å². The highest BCUT2D eigenvalue weighted by Crippen LogP contribution is 2.21. The van der Waals surface area contributed by atoms with Gasteiger partial charge in [0.05, 0.1) is 5.75 Å². The van der Waals surface area contributed by atoms with E-state index in [4.69, 9.17) is 4.74 Å². The molecule has 0 saturated carbocycles. The number of aromatic nitrogens is 3. The van der Waals surface area contributed by atoms with Crippen LogP contribution in [0.25, 0.3) is 0 Å². The highest BCUT2D eigenvalue weighted by atomic mass is 32.2. The number of benzene rings is 2. The van der Waals surface area contributed by atoms with Gasteiger partial charge in [-0.05, 0) is 43.2 Å². The fourth-order valence-electron chi connectivity index (χ4n) is 3.89. The van der Waals surface area contributed by atoms with Gasteiger partial charge in [-0.2, -0.15) is 0 Å². The van der Waals surface area contributed by atoms with Crippen molar-refractivity contribution in [2.24, 2.45) is 0 Å². The summed E-state index contributed by atoms with van der Waals surface area (Å²) in [6.07, 6.45) is 1.01. The zero-order valence-electron chi connectivity index (χ0n) is 19.3. The molecule has 8 heteroatoms. The van der Waals surface area contributed by atoms with Crippen LogP contribution < -0.4 is 9.64 Å². The second-order valence-corrected chi connectivity index (χ2v) is 8.86. The predicted molar refractivity (Wildman–Crippen MR) is 132 cm³/mol. The van der Waals surface area contributed by atoms with Gasteiger partial charge >= 0.3 is 0 Å². The molecule has 2 aromatic carbocycles. The van der Waals surface area contributed by atoms with Gasteiger partial charge in [-0.25, -0.2) is 0 Å². The van der Waals surface area contributed by atoms with Crippen molar-refractivity contribution in [3.05, 3.63) is 66.0 Å². The maximum absolute atomic E-state index is 12.8. The minimum Gasteiger partial charge on any atom is -0.486 e. The van der Waals surface area contributed by atoms with Crippen molar-refractivity contribution in [2.75, 3.05) is 36.8 Å². The van der Waals surface area contributed by atoms with Crippen molar-refractivity contribution in [3.8, 4) is 5.75 Å². The maximum Gasteiger partial charge on any atom is 0.233 e. The number of rotatable bonds is 9. The van der Waals surface area contributed by atoms with Crippen LogP contribution in [0.4, 0.5) is 5.69 Å². The molecular formula is C25H31N5O2S. The van der Waals surface area contributed by atoms with Crippen molar-refractivity contribution in [3.63, 3.8) is 0 Å². The normalized spacial score (nSPS) is 13.9. The fraction of sp³-hybridized carbons (Fsp3) is 0.400. The summed E-state index contributed by atoms with van der Waals surface area (Å²) in [6.45, 7) is 8.45. The topological polar surface area (TPSA) is 63.5 Å². The zero-order valence-corrected chi connectivity index (χ0v) is 20.1. The Kier molecular flexibility index (Phi) is 7.88. The number of amides is 1. The molecule has 0 spiro atoms. The molecule has 3 aromatic rings. The van der Waals surface area contributed by atoms with E-state index in [2.05, 4.69) is 65.3 Å². The Morgan fingerprint density at radius 1 is 0.970 bits per heavy atom. The maximum atomic E-state index is 12.8. The summed E-state index contributed by atoms with van der Waals surface area (Å²) in [5, 5.41) is 9.38. The number of anilines is 1. The van der Waals surface area contributed by atoms with Crippen LogP contribution in [-0.2, 0) is 24.4 Å². The van der Waals surface area contributed by atoms with Gasteiger partial charge < -0.3 is 19.1 Å². The van der Waals surface area contributed by atoms with Crippen molar-refractivity contribution in [1.82, 2.24) is 19.7 Å². The number of ether oxygens (including phenoxy) is 1. The molecule has 1 aromatic heterocycles. The van der Waals surface area contributed by atoms with Crippen LogP contribution in [0.5, 0.6) is 5.75 Å². The first-order chi connectivity index (χ1) is 16.2. The third kappa shape index (κ3) is 5.87.